The number of hydrogen-bond donors (Lipinski definition) is 1. The predicted octanol–water partition coefficient (Wildman–Crippen LogP) is 2.98. The lowest BCUT2D eigenvalue weighted by Gasteiger charge is -2.06. The zero-order valence-electron chi connectivity index (χ0n) is 6.92. The summed E-state index contributed by atoms with van der Waals surface area (Å²) in [5.41, 5.74) is 2.00. The Balaban J connectivity index is 3.08. The van der Waals surface area contributed by atoms with E-state index in [0.29, 0.717) is 0 Å². The van der Waals surface area contributed by atoms with Crippen LogP contribution in [0.5, 0.6) is 0 Å². The fourth-order valence-corrected chi connectivity index (χ4v) is 1.70. The molecule has 0 spiro atoms. The molecule has 1 aromatic carbocycles. The van der Waals surface area contributed by atoms with Gasteiger partial charge < -0.3 is 5.11 Å². The lowest BCUT2D eigenvalue weighted by atomic mass is 10.1. The van der Waals surface area contributed by atoms with E-state index in [1.807, 2.05) is 25.1 Å². The number of aryl methyl sites for hydroxylation is 1. The summed E-state index contributed by atoms with van der Waals surface area (Å²) in [7, 11) is 0. The average Bonchev–Trinajstić information content (AvgIpc) is 2.01. The summed E-state index contributed by atoms with van der Waals surface area (Å²) in [4.78, 5) is 0. The van der Waals surface area contributed by atoms with Crippen LogP contribution >= 0.6 is 15.9 Å². The fourth-order valence-electron chi connectivity index (χ4n) is 1.07. The molecule has 0 saturated carbocycles. The van der Waals surface area contributed by atoms with Crippen LogP contribution < -0.4 is 0 Å². The summed E-state index contributed by atoms with van der Waals surface area (Å²) in [6.07, 6.45) is 0.947. The van der Waals surface area contributed by atoms with E-state index < -0.39 is 6.10 Å². The molecule has 0 aliphatic carbocycles. The quantitative estimate of drug-likeness (QED) is 0.770. The molecule has 0 heterocycles. The minimum atomic E-state index is -0.568. The lowest BCUT2D eigenvalue weighted by Crippen LogP contribution is -1.92. The molecule has 0 bridgehead atoms. The van der Waals surface area contributed by atoms with Crippen LogP contribution in [0, 0.1) is 6.92 Å². The van der Waals surface area contributed by atoms with Crippen molar-refractivity contribution >= 4 is 15.9 Å². The molecule has 12 heavy (non-hydrogen) atoms. The highest BCUT2D eigenvalue weighted by Gasteiger charge is 2.03. The van der Waals surface area contributed by atoms with Crippen LogP contribution in [0.15, 0.2) is 35.3 Å². The first-order valence-corrected chi connectivity index (χ1v) is 4.50. The van der Waals surface area contributed by atoms with Crippen molar-refractivity contribution in [2.45, 2.75) is 13.0 Å². The van der Waals surface area contributed by atoms with Crippen molar-refractivity contribution in [3.8, 4) is 0 Å². The molecule has 1 nitrogen and oxygen atoms in total. The second kappa shape index (κ2) is 3.87. The van der Waals surface area contributed by atoms with Gasteiger partial charge in [-0.2, -0.15) is 0 Å². The summed E-state index contributed by atoms with van der Waals surface area (Å²) in [6.45, 7) is 5.52. The Morgan fingerprint density at radius 2 is 2.17 bits per heavy atom. The Hall–Kier alpha value is -0.600. The van der Waals surface area contributed by atoms with Crippen LogP contribution in [-0.4, -0.2) is 5.11 Å². The van der Waals surface area contributed by atoms with Crippen LogP contribution in [0.4, 0.5) is 0 Å². The molecule has 0 aliphatic rings. The Bertz CT molecular complexity index is 274. The van der Waals surface area contributed by atoms with Gasteiger partial charge in [-0.15, -0.1) is 6.58 Å². The van der Waals surface area contributed by atoms with Gasteiger partial charge in [0.05, 0.1) is 6.10 Å². The maximum atomic E-state index is 9.44. The van der Waals surface area contributed by atoms with Crippen molar-refractivity contribution in [2.75, 3.05) is 0 Å². The van der Waals surface area contributed by atoms with Crippen molar-refractivity contribution in [3.05, 3.63) is 46.5 Å². The van der Waals surface area contributed by atoms with Gasteiger partial charge in [-0.3, -0.25) is 0 Å². The molecule has 1 N–H and O–H groups in total. The number of aliphatic hydroxyl groups excluding tert-OH is 1. The largest absolute Gasteiger partial charge is 0.384 e. The van der Waals surface area contributed by atoms with E-state index in [9.17, 15) is 5.11 Å². The molecule has 0 radical (unpaired) electrons. The molecule has 2 heteroatoms. The standard InChI is InChI=1S/C10H11BrO/c1-3-10(12)8-4-7(2)5-9(11)6-8/h3-6,10,12H,1H2,2H3. The highest BCUT2D eigenvalue weighted by atomic mass is 79.9. The maximum absolute atomic E-state index is 9.44. The van der Waals surface area contributed by atoms with E-state index in [1.165, 1.54) is 6.08 Å². The smallest absolute Gasteiger partial charge is 0.0969 e. The zero-order chi connectivity index (χ0) is 9.14. The highest BCUT2D eigenvalue weighted by Crippen LogP contribution is 2.20. The van der Waals surface area contributed by atoms with E-state index in [0.717, 1.165) is 15.6 Å². The summed E-state index contributed by atoms with van der Waals surface area (Å²) in [5.74, 6) is 0. The first-order valence-electron chi connectivity index (χ1n) is 3.71. The molecular weight excluding hydrogens is 216 g/mol. The molecule has 1 atom stereocenters. The van der Waals surface area contributed by atoms with Gasteiger partial charge >= 0.3 is 0 Å². The summed E-state index contributed by atoms with van der Waals surface area (Å²) in [5, 5.41) is 9.44. The van der Waals surface area contributed by atoms with Gasteiger partial charge in [0.2, 0.25) is 0 Å². The Kier molecular flexibility index (Phi) is 3.06. The number of hydrogen-bond acceptors (Lipinski definition) is 1. The van der Waals surface area contributed by atoms with Gasteiger partial charge in [-0.25, -0.2) is 0 Å². The van der Waals surface area contributed by atoms with Gasteiger partial charge in [-0.1, -0.05) is 28.1 Å². The van der Waals surface area contributed by atoms with Crippen molar-refractivity contribution in [3.63, 3.8) is 0 Å². The van der Waals surface area contributed by atoms with Crippen LogP contribution in [0.3, 0.4) is 0 Å². The van der Waals surface area contributed by atoms with Crippen molar-refractivity contribution in [2.24, 2.45) is 0 Å². The molecule has 0 amide bonds. The molecule has 0 aliphatic heterocycles. The van der Waals surface area contributed by atoms with E-state index in [-0.39, 0.29) is 0 Å². The van der Waals surface area contributed by atoms with E-state index in [4.69, 9.17) is 0 Å². The molecule has 64 valence electrons. The highest BCUT2D eigenvalue weighted by molar-refractivity contribution is 9.10. The number of aliphatic hydroxyl groups is 1. The Morgan fingerprint density at radius 3 is 2.67 bits per heavy atom. The molecule has 1 aromatic rings. The molecule has 1 rings (SSSR count). The lowest BCUT2D eigenvalue weighted by molar-refractivity contribution is 0.229. The van der Waals surface area contributed by atoms with Crippen molar-refractivity contribution in [1.82, 2.24) is 0 Å². The topological polar surface area (TPSA) is 20.2 Å². The van der Waals surface area contributed by atoms with Crippen LogP contribution in [0.1, 0.15) is 17.2 Å². The van der Waals surface area contributed by atoms with Gasteiger partial charge in [0.15, 0.2) is 0 Å². The van der Waals surface area contributed by atoms with E-state index in [2.05, 4.69) is 22.5 Å². The van der Waals surface area contributed by atoms with Gasteiger partial charge in [0.25, 0.3) is 0 Å². The predicted molar refractivity (Wildman–Crippen MR) is 54.0 cm³/mol. The molecule has 1 unspecified atom stereocenters. The van der Waals surface area contributed by atoms with Crippen molar-refractivity contribution < 1.29 is 5.11 Å². The third-order valence-electron chi connectivity index (χ3n) is 1.63. The van der Waals surface area contributed by atoms with Gasteiger partial charge in [-0.05, 0) is 30.2 Å². The Morgan fingerprint density at radius 1 is 1.50 bits per heavy atom. The Labute approximate surface area is 80.9 Å². The third-order valence-corrected chi connectivity index (χ3v) is 2.09. The number of rotatable bonds is 2. The first kappa shape index (κ1) is 9.49. The van der Waals surface area contributed by atoms with Gasteiger partial charge in [0, 0.05) is 4.47 Å². The molecular formula is C10H11BrO. The number of halogens is 1. The molecule has 0 saturated heterocycles. The van der Waals surface area contributed by atoms with E-state index in [1.54, 1.807) is 0 Å². The SMILES string of the molecule is C=CC(O)c1cc(C)cc(Br)c1. The monoisotopic (exact) mass is 226 g/mol. The van der Waals surface area contributed by atoms with Crippen LogP contribution in [0.2, 0.25) is 0 Å². The molecule has 0 aromatic heterocycles. The second-order valence-electron chi connectivity index (χ2n) is 2.74. The maximum Gasteiger partial charge on any atom is 0.0969 e. The minimum Gasteiger partial charge on any atom is -0.384 e. The zero-order valence-corrected chi connectivity index (χ0v) is 8.51. The molecule has 0 fully saturated rings. The normalized spacial score (nSPS) is 12.6. The van der Waals surface area contributed by atoms with E-state index >= 15 is 0 Å². The summed E-state index contributed by atoms with van der Waals surface area (Å²) < 4.78 is 0.985. The summed E-state index contributed by atoms with van der Waals surface area (Å²) >= 11 is 3.37. The fraction of sp³-hybridized carbons (Fsp3) is 0.200. The van der Waals surface area contributed by atoms with Crippen molar-refractivity contribution in [1.29, 1.82) is 0 Å². The number of benzene rings is 1. The third kappa shape index (κ3) is 2.19. The average molecular weight is 227 g/mol. The van der Waals surface area contributed by atoms with Gasteiger partial charge in [0.1, 0.15) is 0 Å². The van der Waals surface area contributed by atoms with Crippen LogP contribution in [0.25, 0.3) is 0 Å². The van der Waals surface area contributed by atoms with Crippen LogP contribution in [-0.2, 0) is 0 Å². The summed E-state index contributed by atoms with van der Waals surface area (Å²) in [6, 6.07) is 5.83. The minimum absolute atomic E-state index is 0.568. The second-order valence-corrected chi connectivity index (χ2v) is 3.66. The first-order chi connectivity index (χ1) is 5.63.